The molecule has 0 unspecified atom stereocenters. The highest BCUT2D eigenvalue weighted by Gasteiger charge is 2.40. The van der Waals surface area contributed by atoms with Crippen LogP contribution in [-0.2, 0) is 0 Å². The molecule has 1 aliphatic heterocycles. The molecule has 0 radical (unpaired) electrons. The topological polar surface area (TPSA) is 40.7 Å². The van der Waals surface area contributed by atoms with Crippen molar-refractivity contribution in [2.75, 3.05) is 6.54 Å². The van der Waals surface area contributed by atoms with E-state index < -0.39 is 5.92 Å². The molecule has 1 atom stereocenters. The van der Waals surface area contributed by atoms with Crippen LogP contribution in [0.15, 0.2) is 0 Å². The van der Waals surface area contributed by atoms with Crippen LogP contribution in [0.5, 0.6) is 0 Å². The Morgan fingerprint density at radius 3 is 2.06 bits per heavy atom. The second kappa shape index (κ2) is 7.46. The maximum absolute atomic E-state index is 12.9. The third kappa shape index (κ3) is 4.37. The van der Waals surface area contributed by atoms with Crippen molar-refractivity contribution in [1.29, 1.82) is 0 Å². The Balaban J connectivity index is 0.000000659. The van der Waals surface area contributed by atoms with Gasteiger partial charge in [-0.1, -0.05) is 27.7 Å². The number of aryl methyl sites for hydroxylation is 2. The highest BCUT2D eigenvalue weighted by atomic mass is 19.3. The summed E-state index contributed by atoms with van der Waals surface area (Å²) in [5.74, 6) is -1.98. The van der Waals surface area contributed by atoms with Gasteiger partial charge in [0, 0.05) is 12.1 Å². The maximum Gasteiger partial charge on any atom is 0.262 e. The van der Waals surface area contributed by atoms with E-state index in [-0.39, 0.29) is 19.0 Å². The van der Waals surface area contributed by atoms with Gasteiger partial charge in [-0.2, -0.15) is 0 Å². The van der Waals surface area contributed by atoms with Crippen molar-refractivity contribution in [2.45, 2.75) is 59.9 Å². The second-order valence-corrected chi connectivity index (χ2v) is 3.83. The minimum Gasteiger partial charge on any atom is -0.345 e. The van der Waals surface area contributed by atoms with Gasteiger partial charge in [0.05, 0.1) is 18.3 Å². The monoisotopic (exact) mass is 261 g/mol. The summed E-state index contributed by atoms with van der Waals surface area (Å²) in [7, 11) is 0. The summed E-state index contributed by atoms with van der Waals surface area (Å²) in [5, 5.41) is 2.76. The molecule has 0 saturated carbocycles. The normalized spacial score (nSPS) is 20.6. The summed E-state index contributed by atoms with van der Waals surface area (Å²) in [6, 6.07) is -0.336. The average molecular weight is 261 g/mol. The Kier molecular flexibility index (Phi) is 7.06. The van der Waals surface area contributed by atoms with Crippen molar-refractivity contribution in [3.63, 3.8) is 0 Å². The van der Waals surface area contributed by atoms with Crippen molar-refractivity contribution >= 4 is 0 Å². The number of halogens is 2. The van der Waals surface area contributed by atoms with Crippen LogP contribution in [0.2, 0.25) is 0 Å². The number of aromatic nitrogens is 2. The van der Waals surface area contributed by atoms with Gasteiger partial charge in [0.25, 0.3) is 5.92 Å². The minimum absolute atomic E-state index is 0.167. The zero-order chi connectivity index (χ0) is 14.3. The van der Waals surface area contributed by atoms with Crippen LogP contribution in [0, 0.1) is 13.8 Å². The lowest BCUT2D eigenvalue weighted by Crippen LogP contribution is -2.19. The van der Waals surface area contributed by atoms with Gasteiger partial charge in [-0.25, -0.2) is 13.8 Å². The predicted octanol–water partition coefficient (Wildman–Crippen LogP) is 3.75. The Morgan fingerprint density at radius 2 is 1.72 bits per heavy atom. The number of nitrogens with one attached hydrogen (secondary N) is 2. The fraction of sp³-hybridized carbons (Fsp3) is 0.769. The first-order chi connectivity index (χ1) is 8.48. The molecule has 1 aromatic heterocycles. The van der Waals surface area contributed by atoms with E-state index in [1.165, 1.54) is 0 Å². The molecule has 3 nitrogen and oxygen atoms in total. The van der Waals surface area contributed by atoms with Crippen LogP contribution in [0.1, 0.15) is 57.4 Å². The molecule has 1 aromatic rings. The third-order valence-corrected chi connectivity index (χ3v) is 2.59. The number of alkyl halides is 2. The highest BCUT2D eigenvalue weighted by Crippen LogP contribution is 2.32. The van der Waals surface area contributed by atoms with Crippen molar-refractivity contribution in [3.8, 4) is 0 Å². The van der Waals surface area contributed by atoms with Crippen LogP contribution in [0.3, 0.4) is 0 Å². The summed E-state index contributed by atoms with van der Waals surface area (Å²) in [6.45, 7) is 11.5. The molecule has 1 aliphatic rings. The molecule has 0 aliphatic carbocycles. The molecule has 106 valence electrons. The molecule has 2 heterocycles. The van der Waals surface area contributed by atoms with Gasteiger partial charge >= 0.3 is 0 Å². The summed E-state index contributed by atoms with van der Waals surface area (Å²) in [4.78, 5) is 7.22. The first-order valence-corrected chi connectivity index (χ1v) is 6.62. The van der Waals surface area contributed by atoms with Gasteiger partial charge in [0.15, 0.2) is 0 Å². The second-order valence-electron chi connectivity index (χ2n) is 3.83. The van der Waals surface area contributed by atoms with Crippen molar-refractivity contribution < 1.29 is 8.78 Å². The predicted molar refractivity (Wildman–Crippen MR) is 71.1 cm³/mol. The first-order valence-electron chi connectivity index (χ1n) is 6.62. The molecule has 18 heavy (non-hydrogen) atoms. The van der Waals surface area contributed by atoms with Gasteiger partial charge < -0.3 is 10.3 Å². The quantitative estimate of drug-likeness (QED) is 0.808. The molecule has 0 aromatic carbocycles. The fourth-order valence-corrected chi connectivity index (χ4v) is 1.65. The molecular weight excluding hydrogens is 236 g/mol. The Morgan fingerprint density at radius 1 is 1.17 bits per heavy atom. The van der Waals surface area contributed by atoms with Gasteiger partial charge in [0.2, 0.25) is 0 Å². The largest absolute Gasteiger partial charge is 0.345 e. The first kappa shape index (κ1) is 17.0. The number of hydrogen-bond donors (Lipinski definition) is 2. The minimum atomic E-state index is -2.60. The summed E-state index contributed by atoms with van der Waals surface area (Å²) >= 11 is 0. The van der Waals surface area contributed by atoms with Gasteiger partial charge in [-0.3, -0.25) is 0 Å². The molecule has 1 saturated heterocycles. The number of hydrogen-bond acceptors (Lipinski definition) is 2. The van der Waals surface area contributed by atoms with E-state index in [0.717, 1.165) is 11.4 Å². The van der Waals surface area contributed by atoms with Gasteiger partial charge in [0.1, 0.15) is 5.82 Å². The van der Waals surface area contributed by atoms with Crippen LogP contribution in [0.25, 0.3) is 0 Å². The summed E-state index contributed by atoms with van der Waals surface area (Å²) in [5.41, 5.74) is 1.81. The van der Waals surface area contributed by atoms with E-state index in [4.69, 9.17) is 0 Å². The van der Waals surface area contributed by atoms with E-state index in [1.807, 2.05) is 41.5 Å². The molecule has 2 N–H and O–H groups in total. The van der Waals surface area contributed by atoms with Crippen molar-refractivity contribution in [1.82, 2.24) is 15.3 Å². The lowest BCUT2D eigenvalue weighted by molar-refractivity contribution is 0.0208. The van der Waals surface area contributed by atoms with Crippen LogP contribution in [-0.4, -0.2) is 22.4 Å². The van der Waals surface area contributed by atoms with E-state index in [9.17, 15) is 8.78 Å². The summed E-state index contributed by atoms with van der Waals surface area (Å²) in [6.07, 6.45) is -0.167. The number of rotatable bonds is 1. The van der Waals surface area contributed by atoms with E-state index in [0.29, 0.717) is 5.82 Å². The lowest BCUT2D eigenvalue weighted by Gasteiger charge is -2.06. The molecule has 0 spiro atoms. The fourth-order valence-electron chi connectivity index (χ4n) is 1.65. The Bertz CT molecular complexity index is 329. The van der Waals surface area contributed by atoms with E-state index in [2.05, 4.69) is 15.3 Å². The Labute approximate surface area is 108 Å². The Hall–Kier alpha value is -0.970. The molecule has 0 bridgehead atoms. The number of nitrogens with zero attached hydrogens (tertiary/aromatic N) is 1. The average Bonchev–Trinajstić information content (AvgIpc) is 2.88. The molecule has 5 heteroatoms. The SMILES string of the molecule is CC.CC.Cc1nc([C@@H]2CC(F)(F)CN2)[nH]c1C. The number of aromatic amines is 1. The molecule has 1 fully saturated rings. The van der Waals surface area contributed by atoms with E-state index in [1.54, 1.807) is 0 Å². The molecule has 2 rings (SSSR count). The van der Waals surface area contributed by atoms with Crippen LogP contribution < -0.4 is 5.32 Å². The van der Waals surface area contributed by atoms with Gasteiger partial charge in [-0.05, 0) is 13.8 Å². The molecular formula is C13H25F2N3. The summed E-state index contributed by atoms with van der Waals surface area (Å²) < 4.78 is 25.8. The van der Waals surface area contributed by atoms with Gasteiger partial charge in [-0.15, -0.1) is 0 Å². The third-order valence-electron chi connectivity index (χ3n) is 2.59. The number of imidazole rings is 1. The zero-order valence-electron chi connectivity index (χ0n) is 12.2. The zero-order valence-corrected chi connectivity index (χ0v) is 12.2. The highest BCUT2D eigenvalue weighted by molar-refractivity contribution is 5.14. The molecule has 0 amide bonds. The van der Waals surface area contributed by atoms with Crippen LogP contribution >= 0.6 is 0 Å². The van der Waals surface area contributed by atoms with Crippen molar-refractivity contribution in [3.05, 3.63) is 17.2 Å². The standard InChI is InChI=1S/C9H13F2N3.2C2H6/c1-5-6(2)14-8(13-5)7-3-9(10,11)4-12-7;2*1-2/h7,12H,3-4H2,1-2H3,(H,13,14);2*1-2H3/t7-;;/m0../s1. The number of H-pyrrole nitrogens is 1. The lowest BCUT2D eigenvalue weighted by atomic mass is 10.2. The van der Waals surface area contributed by atoms with Crippen molar-refractivity contribution in [2.24, 2.45) is 0 Å². The maximum atomic E-state index is 12.9. The van der Waals surface area contributed by atoms with Crippen LogP contribution in [0.4, 0.5) is 8.78 Å². The smallest absolute Gasteiger partial charge is 0.262 e. The van der Waals surface area contributed by atoms with E-state index >= 15 is 0 Å².